The van der Waals surface area contributed by atoms with Crippen LogP contribution in [0.5, 0.6) is 11.5 Å². The molecule has 3 rings (SSSR count). The minimum absolute atomic E-state index is 0.136. The molecule has 1 aliphatic rings. The normalized spacial score (nSPS) is 17.7. The molecule has 1 heterocycles. The van der Waals surface area contributed by atoms with Crippen LogP contribution in [-0.2, 0) is 4.79 Å². The van der Waals surface area contributed by atoms with Gasteiger partial charge in [0.25, 0.3) is 5.91 Å². The lowest BCUT2D eigenvalue weighted by atomic mass is 9.80. The number of para-hydroxylation sites is 2. The molecule has 1 N–H and O–H groups in total. The second kappa shape index (κ2) is 8.55. The minimum Gasteiger partial charge on any atom is -0.493 e. The number of carbonyl (C=O) groups excluding carboxylic acids is 1. The third-order valence-electron chi connectivity index (χ3n) is 5.49. The number of nitrogens with zero attached hydrogens (tertiary/aromatic N) is 2. The average Bonchev–Trinajstić information content (AvgIpc) is 2.70. The van der Waals surface area contributed by atoms with Crippen molar-refractivity contribution in [2.24, 2.45) is 5.10 Å². The molecule has 0 bridgehead atoms. The highest BCUT2D eigenvalue weighted by molar-refractivity contribution is 5.84. The fourth-order valence-corrected chi connectivity index (χ4v) is 3.77. The first-order chi connectivity index (χ1) is 13.8. The van der Waals surface area contributed by atoms with Crippen molar-refractivity contribution in [2.45, 2.75) is 38.6 Å². The van der Waals surface area contributed by atoms with E-state index in [1.807, 2.05) is 18.2 Å². The van der Waals surface area contributed by atoms with Crippen LogP contribution >= 0.6 is 0 Å². The predicted octanol–water partition coefficient (Wildman–Crippen LogP) is 3.95. The van der Waals surface area contributed by atoms with Crippen molar-refractivity contribution < 1.29 is 14.3 Å². The number of fused-ring (bicyclic) bond motifs is 1. The number of ether oxygens (including phenoxy) is 2. The van der Waals surface area contributed by atoms with Crippen molar-refractivity contribution >= 4 is 17.8 Å². The standard InChI is InChI=1S/C23H29N3O3/c1-16-13-23(2,3)26(4)19-11-10-17(12-18(16)19)14-24-25-22(27)15-29-21-9-7-6-8-20(21)28-5/h6-12,14,16H,13,15H2,1-5H3,(H,25,27)/b24-14+/t16-/m0/s1. The molecule has 0 spiro atoms. The van der Waals surface area contributed by atoms with E-state index >= 15 is 0 Å². The summed E-state index contributed by atoms with van der Waals surface area (Å²) in [6.07, 6.45) is 2.75. The Balaban J connectivity index is 1.59. The van der Waals surface area contributed by atoms with Gasteiger partial charge < -0.3 is 14.4 Å². The third kappa shape index (κ3) is 4.70. The first-order valence-electron chi connectivity index (χ1n) is 9.77. The zero-order valence-corrected chi connectivity index (χ0v) is 17.7. The van der Waals surface area contributed by atoms with E-state index in [0.717, 1.165) is 12.0 Å². The first kappa shape index (κ1) is 20.7. The Labute approximate surface area is 172 Å². The zero-order valence-electron chi connectivity index (χ0n) is 17.7. The molecule has 2 aromatic carbocycles. The first-order valence-corrected chi connectivity index (χ1v) is 9.77. The van der Waals surface area contributed by atoms with Crippen LogP contribution in [0.15, 0.2) is 47.6 Å². The van der Waals surface area contributed by atoms with Gasteiger partial charge >= 0.3 is 0 Å². The molecule has 29 heavy (non-hydrogen) atoms. The molecule has 0 aromatic heterocycles. The third-order valence-corrected chi connectivity index (χ3v) is 5.49. The number of nitrogens with one attached hydrogen (secondary N) is 1. The summed E-state index contributed by atoms with van der Waals surface area (Å²) >= 11 is 0. The predicted molar refractivity (Wildman–Crippen MR) is 116 cm³/mol. The van der Waals surface area contributed by atoms with Crippen molar-refractivity contribution in [1.29, 1.82) is 0 Å². The minimum atomic E-state index is -0.333. The SMILES string of the molecule is COc1ccccc1OCC(=O)N/N=C/c1ccc2c(c1)[C@@H](C)CC(C)(C)N2C. The Hall–Kier alpha value is -3.02. The lowest BCUT2D eigenvalue weighted by Gasteiger charge is -2.45. The van der Waals surface area contributed by atoms with Crippen molar-refractivity contribution in [3.63, 3.8) is 0 Å². The highest BCUT2D eigenvalue weighted by atomic mass is 16.5. The molecule has 0 radical (unpaired) electrons. The summed E-state index contributed by atoms with van der Waals surface area (Å²) in [4.78, 5) is 14.3. The molecule has 0 saturated heterocycles. The van der Waals surface area contributed by atoms with Crippen LogP contribution in [0.1, 0.15) is 44.2 Å². The van der Waals surface area contributed by atoms with Gasteiger partial charge in [0, 0.05) is 18.3 Å². The Morgan fingerprint density at radius 3 is 2.72 bits per heavy atom. The molecule has 2 aromatic rings. The van der Waals surface area contributed by atoms with Crippen LogP contribution in [0.2, 0.25) is 0 Å². The number of rotatable bonds is 6. The molecule has 0 aliphatic carbocycles. The zero-order chi connectivity index (χ0) is 21.0. The molecule has 0 unspecified atom stereocenters. The fourth-order valence-electron chi connectivity index (χ4n) is 3.77. The molecule has 154 valence electrons. The van der Waals surface area contributed by atoms with Crippen LogP contribution in [-0.4, -0.2) is 38.4 Å². The molecular formula is C23H29N3O3. The van der Waals surface area contributed by atoms with Crippen LogP contribution in [0.25, 0.3) is 0 Å². The number of hydrogen-bond acceptors (Lipinski definition) is 5. The summed E-state index contributed by atoms with van der Waals surface area (Å²) in [5, 5.41) is 4.07. The van der Waals surface area contributed by atoms with E-state index < -0.39 is 0 Å². The summed E-state index contributed by atoms with van der Waals surface area (Å²) in [5.41, 5.74) is 6.15. The molecule has 0 saturated carbocycles. The Kier molecular flexibility index (Phi) is 6.11. The molecular weight excluding hydrogens is 366 g/mol. The largest absolute Gasteiger partial charge is 0.493 e. The Morgan fingerprint density at radius 1 is 1.28 bits per heavy atom. The maximum Gasteiger partial charge on any atom is 0.277 e. The van der Waals surface area contributed by atoms with Gasteiger partial charge in [0.15, 0.2) is 18.1 Å². The Morgan fingerprint density at radius 2 is 2.00 bits per heavy atom. The van der Waals surface area contributed by atoms with Crippen LogP contribution in [0.4, 0.5) is 5.69 Å². The van der Waals surface area contributed by atoms with Crippen LogP contribution in [0.3, 0.4) is 0 Å². The summed E-state index contributed by atoms with van der Waals surface area (Å²) in [6, 6.07) is 13.5. The lowest BCUT2D eigenvalue weighted by molar-refractivity contribution is -0.123. The molecule has 1 aliphatic heterocycles. The van der Waals surface area contributed by atoms with Crippen molar-refractivity contribution in [1.82, 2.24) is 5.43 Å². The van der Waals surface area contributed by atoms with Crippen LogP contribution < -0.4 is 19.8 Å². The van der Waals surface area contributed by atoms with Gasteiger partial charge in [-0.05, 0) is 61.6 Å². The highest BCUT2D eigenvalue weighted by Crippen LogP contribution is 2.42. The second-order valence-corrected chi connectivity index (χ2v) is 8.03. The van der Waals surface area contributed by atoms with Gasteiger partial charge in [-0.15, -0.1) is 0 Å². The number of benzene rings is 2. The summed E-state index contributed by atoms with van der Waals surface area (Å²) in [7, 11) is 3.70. The number of hydrazone groups is 1. The van der Waals surface area contributed by atoms with Gasteiger partial charge in [-0.3, -0.25) is 4.79 Å². The van der Waals surface area contributed by atoms with Gasteiger partial charge in [-0.25, -0.2) is 5.43 Å². The molecule has 0 fully saturated rings. The molecule has 1 amide bonds. The van der Waals surface area contributed by atoms with E-state index in [9.17, 15) is 4.79 Å². The van der Waals surface area contributed by atoms with E-state index in [4.69, 9.17) is 9.47 Å². The molecule has 1 atom stereocenters. The maximum absolute atomic E-state index is 12.0. The van der Waals surface area contributed by atoms with E-state index in [2.05, 4.69) is 55.4 Å². The van der Waals surface area contributed by atoms with E-state index in [0.29, 0.717) is 17.4 Å². The number of carbonyl (C=O) groups is 1. The second-order valence-electron chi connectivity index (χ2n) is 8.03. The monoisotopic (exact) mass is 395 g/mol. The van der Waals surface area contributed by atoms with Gasteiger partial charge in [-0.2, -0.15) is 5.10 Å². The van der Waals surface area contributed by atoms with E-state index in [1.54, 1.807) is 25.5 Å². The molecule has 6 heteroatoms. The van der Waals surface area contributed by atoms with Gasteiger partial charge in [0.1, 0.15) is 0 Å². The Bertz CT molecular complexity index is 908. The summed E-state index contributed by atoms with van der Waals surface area (Å²) in [5.74, 6) is 1.23. The van der Waals surface area contributed by atoms with Gasteiger partial charge in [0.05, 0.1) is 13.3 Å². The topological polar surface area (TPSA) is 63.2 Å². The maximum atomic E-state index is 12.0. The fraction of sp³-hybridized carbons (Fsp3) is 0.391. The summed E-state index contributed by atoms with van der Waals surface area (Å²) in [6.45, 7) is 6.65. The van der Waals surface area contributed by atoms with Crippen molar-refractivity contribution in [3.05, 3.63) is 53.6 Å². The number of methoxy groups -OCH3 is 1. The average molecular weight is 396 g/mol. The smallest absolute Gasteiger partial charge is 0.277 e. The van der Waals surface area contributed by atoms with Gasteiger partial charge in [0.2, 0.25) is 0 Å². The highest BCUT2D eigenvalue weighted by Gasteiger charge is 2.33. The number of hydrogen-bond donors (Lipinski definition) is 1. The molecule has 6 nitrogen and oxygen atoms in total. The lowest BCUT2D eigenvalue weighted by Crippen LogP contribution is -2.45. The van der Waals surface area contributed by atoms with Crippen molar-refractivity contribution in [3.8, 4) is 11.5 Å². The van der Waals surface area contributed by atoms with Crippen LogP contribution in [0, 0.1) is 0 Å². The number of anilines is 1. The van der Waals surface area contributed by atoms with Gasteiger partial charge in [-0.1, -0.05) is 25.1 Å². The number of amides is 1. The van der Waals surface area contributed by atoms with E-state index in [1.165, 1.54) is 11.3 Å². The van der Waals surface area contributed by atoms with Crippen molar-refractivity contribution in [2.75, 3.05) is 25.7 Å². The summed E-state index contributed by atoms with van der Waals surface area (Å²) < 4.78 is 10.7. The quantitative estimate of drug-likeness (QED) is 0.594. The van der Waals surface area contributed by atoms with E-state index in [-0.39, 0.29) is 18.1 Å².